The van der Waals surface area contributed by atoms with Crippen LogP contribution in [0.4, 0.5) is 8.78 Å². The quantitative estimate of drug-likeness (QED) is 0.172. The molecule has 0 unspecified atom stereocenters. The Balaban J connectivity index is 0.00000338. The third-order valence-electron chi connectivity index (χ3n) is 3.88. The molecule has 10 heteroatoms. The second-order valence-corrected chi connectivity index (χ2v) is 8.11. The van der Waals surface area contributed by atoms with Crippen molar-refractivity contribution >= 4 is 53.0 Å². The summed E-state index contributed by atoms with van der Waals surface area (Å²) in [6.45, 7) is 4.93. The Morgan fingerprint density at radius 2 is 2.23 bits per heavy atom. The summed E-state index contributed by atoms with van der Waals surface area (Å²) in [5.74, 6) is 1.83. The zero-order valence-electron chi connectivity index (χ0n) is 15.0. The van der Waals surface area contributed by atoms with Crippen molar-refractivity contribution in [1.82, 2.24) is 20.5 Å². The third kappa shape index (κ3) is 9.65. The first kappa shape index (κ1) is 23.8. The Labute approximate surface area is 179 Å². The van der Waals surface area contributed by atoms with E-state index in [-0.39, 0.29) is 30.5 Å². The highest BCUT2D eigenvalue weighted by Crippen LogP contribution is 2.20. The zero-order valence-corrected chi connectivity index (χ0v) is 19.0. The van der Waals surface area contributed by atoms with Gasteiger partial charge >= 0.3 is 0 Å². The summed E-state index contributed by atoms with van der Waals surface area (Å²) in [5, 5.41) is 8.70. The molecule has 5 nitrogen and oxygen atoms in total. The number of nitrogens with zero attached hydrogens (tertiary/aromatic N) is 3. The molecule has 0 atom stereocenters. The van der Waals surface area contributed by atoms with E-state index < -0.39 is 6.43 Å². The van der Waals surface area contributed by atoms with Crippen LogP contribution in [0.1, 0.15) is 26.2 Å². The summed E-state index contributed by atoms with van der Waals surface area (Å²) in [6, 6.07) is 0.302. The number of likely N-dealkylation sites (tertiary alicyclic amines) is 1. The van der Waals surface area contributed by atoms with E-state index in [2.05, 4.69) is 20.6 Å². The number of thiazole rings is 1. The van der Waals surface area contributed by atoms with E-state index in [0.29, 0.717) is 19.1 Å². The van der Waals surface area contributed by atoms with Crippen LogP contribution in [0.3, 0.4) is 0 Å². The molecule has 1 saturated heterocycles. The second kappa shape index (κ2) is 13.9. The maximum Gasteiger partial charge on any atom is 0.251 e. The highest BCUT2D eigenvalue weighted by Gasteiger charge is 2.21. The van der Waals surface area contributed by atoms with Crippen LogP contribution in [0.15, 0.2) is 20.9 Å². The van der Waals surface area contributed by atoms with Gasteiger partial charge in [-0.25, -0.2) is 13.8 Å². The molecule has 2 heterocycles. The first-order chi connectivity index (χ1) is 12.2. The second-order valence-electron chi connectivity index (χ2n) is 5.87. The zero-order chi connectivity index (χ0) is 17.9. The molecule has 0 spiro atoms. The Kier molecular flexibility index (Phi) is 12.7. The highest BCUT2D eigenvalue weighted by atomic mass is 127. The normalized spacial score (nSPS) is 16.5. The molecule has 1 aromatic rings. The van der Waals surface area contributed by atoms with E-state index in [1.54, 1.807) is 23.1 Å². The van der Waals surface area contributed by atoms with Crippen LogP contribution in [-0.4, -0.2) is 66.8 Å². The fraction of sp³-hybridized carbons (Fsp3) is 0.750. The Hall–Kier alpha value is -0.200. The van der Waals surface area contributed by atoms with Crippen molar-refractivity contribution in [2.24, 2.45) is 4.99 Å². The van der Waals surface area contributed by atoms with Gasteiger partial charge in [0.05, 0.1) is 6.54 Å². The topological polar surface area (TPSA) is 52.6 Å². The average molecular weight is 519 g/mol. The molecule has 0 aliphatic carbocycles. The summed E-state index contributed by atoms with van der Waals surface area (Å²) in [6.07, 6.45) is 2.32. The number of rotatable bonds is 9. The van der Waals surface area contributed by atoms with E-state index in [1.165, 1.54) is 0 Å². The minimum atomic E-state index is -2.24. The van der Waals surface area contributed by atoms with Crippen LogP contribution >= 0.6 is 47.1 Å². The van der Waals surface area contributed by atoms with Gasteiger partial charge in [-0.15, -0.1) is 35.3 Å². The predicted molar refractivity (Wildman–Crippen MR) is 117 cm³/mol. The number of nitrogens with one attached hydrogen (secondary N) is 2. The smallest absolute Gasteiger partial charge is 0.251 e. The maximum absolute atomic E-state index is 12.4. The molecule has 0 amide bonds. The lowest BCUT2D eigenvalue weighted by Gasteiger charge is -2.32. The van der Waals surface area contributed by atoms with Crippen LogP contribution < -0.4 is 10.6 Å². The van der Waals surface area contributed by atoms with Gasteiger partial charge in [0, 0.05) is 49.6 Å². The molecule has 1 aliphatic heterocycles. The Bertz CT molecular complexity index is 497. The minimum Gasteiger partial charge on any atom is -0.357 e. The van der Waals surface area contributed by atoms with Crippen molar-refractivity contribution in [3.63, 3.8) is 0 Å². The molecule has 2 N–H and O–H groups in total. The summed E-state index contributed by atoms with van der Waals surface area (Å²) >= 11 is 3.43. The van der Waals surface area contributed by atoms with E-state index >= 15 is 0 Å². The maximum atomic E-state index is 12.4. The van der Waals surface area contributed by atoms with Gasteiger partial charge in [0.25, 0.3) is 6.43 Å². The van der Waals surface area contributed by atoms with Crippen molar-refractivity contribution in [3.8, 4) is 0 Å². The first-order valence-corrected chi connectivity index (χ1v) is 10.6. The highest BCUT2D eigenvalue weighted by molar-refractivity contribution is 14.0. The molecular weight excluding hydrogens is 491 g/mol. The van der Waals surface area contributed by atoms with Gasteiger partial charge in [-0.1, -0.05) is 11.8 Å². The number of guanidine groups is 1. The molecule has 1 aliphatic rings. The summed E-state index contributed by atoms with van der Waals surface area (Å²) in [5.41, 5.74) is 0. The van der Waals surface area contributed by atoms with Gasteiger partial charge in [0.15, 0.2) is 5.96 Å². The molecular formula is C16H28F2IN5S2. The fourth-order valence-electron chi connectivity index (χ4n) is 2.66. The van der Waals surface area contributed by atoms with Crippen molar-refractivity contribution in [2.75, 3.05) is 38.5 Å². The van der Waals surface area contributed by atoms with Gasteiger partial charge in [0.2, 0.25) is 0 Å². The van der Waals surface area contributed by atoms with Gasteiger partial charge in [-0.2, -0.15) is 0 Å². The molecule has 1 aromatic heterocycles. The van der Waals surface area contributed by atoms with Gasteiger partial charge in [0.1, 0.15) is 4.34 Å². The number of aromatic nitrogens is 1. The van der Waals surface area contributed by atoms with E-state index in [0.717, 1.165) is 48.4 Å². The average Bonchev–Trinajstić information content (AvgIpc) is 3.09. The van der Waals surface area contributed by atoms with Crippen LogP contribution in [0.25, 0.3) is 0 Å². The van der Waals surface area contributed by atoms with Crippen molar-refractivity contribution in [3.05, 3.63) is 11.6 Å². The molecule has 26 heavy (non-hydrogen) atoms. The van der Waals surface area contributed by atoms with Crippen LogP contribution in [-0.2, 0) is 0 Å². The number of piperidine rings is 1. The predicted octanol–water partition coefficient (Wildman–Crippen LogP) is 3.53. The van der Waals surface area contributed by atoms with E-state index in [4.69, 9.17) is 0 Å². The number of halogens is 3. The lowest BCUT2D eigenvalue weighted by atomic mass is 10.1. The monoisotopic (exact) mass is 519 g/mol. The SMILES string of the molecule is CCNC(=NCCCSc1nccs1)NC1CCN(CC(F)F)CC1.I. The molecule has 0 saturated carbocycles. The van der Waals surface area contributed by atoms with Gasteiger partial charge in [-0.3, -0.25) is 9.89 Å². The van der Waals surface area contributed by atoms with Crippen molar-refractivity contribution in [2.45, 2.75) is 43.0 Å². The van der Waals surface area contributed by atoms with Crippen molar-refractivity contribution < 1.29 is 8.78 Å². The number of thioether (sulfide) groups is 1. The number of alkyl halides is 2. The molecule has 0 aromatic carbocycles. The molecule has 0 bridgehead atoms. The van der Waals surface area contributed by atoms with Gasteiger partial charge < -0.3 is 10.6 Å². The molecule has 2 rings (SSSR count). The third-order valence-corrected chi connectivity index (χ3v) is 5.93. The largest absolute Gasteiger partial charge is 0.357 e. The molecule has 1 fully saturated rings. The molecule has 150 valence electrons. The van der Waals surface area contributed by atoms with Crippen LogP contribution in [0, 0.1) is 0 Å². The minimum absolute atomic E-state index is 0. The van der Waals surface area contributed by atoms with E-state index in [1.807, 2.05) is 23.4 Å². The van der Waals surface area contributed by atoms with Gasteiger partial charge in [-0.05, 0) is 26.2 Å². The van der Waals surface area contributed by atoms with Crippen molar-refractivity contribution in [1.29, 1.82) is 0 Å². The lowest BCUT2D eigenvalue weighted by Crippen LogP contribution is -2.49. The molecule has 0 radical (unpaired) electrons. The van der Waals surface area contributed by atoms with E-state index in [9.17, 15) is 8.78 Å². The number of aliphatic imine (C=N–C) groups is 1. The fourth-order valence-corrected chi connectivity index (χ4v) is 4.30. The van der Waals surface area contributed by atoms with Crippen LogP contribution in [0.5, 0.6) is 0 Å². The Morgan fingerprint density at radius 1 is 1.46 bits per heavy atom. The lowest BCUT2D eigenvalue weighted by molar-refractivity contribution is 0.0744. The number of hydrogen-bond acceptors (Lipinski definition) is 5. The standard InChI is InChI=1S/C16H27F2N5S2.HI/c1-2-19-15(20-6-3-10-24-16-21-7-11-25-16)22-13-4-8-23(9-5-13)12-14(17)18;/h7,11,13-14H,2-6,8-10,12H2,1H3,(H2,19,20,22);1H. The summed E-state index contributed by atoms with van der Waals surface area (Å²) < 4.78 is 26.0. The Morgan fingerprint density at radius 3 is 2.85 bits per heavy atom. The summed E-state index contributed by atoms with van der Waals surface area (Å²) in [7, 11) is 0. The summed E-state index contributed by atoms with van der Waals surface area (Å²) in [4.78, 5) is 10.7. The number of hydrogen-bond donors (Lipinski definition) is 2. The first-order valence-electron chi connectivity index (χ1n) is 8.75. The van der Waals surface area contributed by atoms with Crippen LogP contribution in [0.2, 0.25) is 0 Å².